The molecule has 172 valence electrons. The van der Waals surface area contributed by atoms with Crippen molar-refractivity contribution in [1.82, 2.24) is 10.3 Å². The number of ether oxygens (including phenoxy) is 3. The van der Waals surface area contributed by atoms with Crippen LogP contribution in [-0.2, 0) is 4.74 Å². The number of carbonyl (C=O) groups is 1. The molecule has 0 atom stereocenters. The molecule has 0 aliphatic carbocycles. The molecule has 4 rings (SSSR count). The molecule has 0 spiro atoms. The topological polar surface area (TPSA) is 108 Å². The molecule has 1 saturated heterocycles. The Bertz CT molecular complexity index is 1190. The van der Waals surface area contributed by atoms with Crippen molar-refractivity contribution in [3.8, 4) is 17.2 Å². The van der Waals surface area contributed by atoms with Gasteiger partial charge in [0.1, 0.15) is 17.2 Å². The summed E-state index contributed by atoms with van der Waals surface area (Å²) in [5, 5.41) is 7.66. The van der Waals surface area contributed by atoms with Gasteiger partial charge in [-0.1, -0.05) is 18.2 Å². The first-order chi connectivity index (χ1) is 15.9. The molecule has 1 aromatic heterocycles. The fourth-order valence-electron chi connectivity index (χ4n) is 3.67. The Morgan fingerprint density at radius 1 is 1.21 bits per heavy atom. The van der Waals surface area contributed by atoms with Gasteiger partial charge in [0.05, 0.1) is 34.7 Å². The second kappa shape index (κ2) is 9.97. The minimum atomic E-state index is -0.600. The van der Waals surface area contributed by atoms with Crippen molar-refractivity contribution in [2.75, 3.05) is 25.6 Å². The maximum atomic E-state index is 11.8. The lowest BCUT2D eigenvalue weighted by molar-refractivity contribution is 0.0805. The molecular weight excluding hydrogens is 444 g/mol. The number of benzene rings is 2. The zero-order valence-corrected chi connectivity index (χ0v) is 18.9. The van der Waals surface area contributed by atoms with Crippen LogP contribution in [0.1, 0.15) is 23.2 Å². The Hall–Kier alpha value is -3.49. The van der Waals surface area contributed by atoms with Crippen molar-refractivity contribution in [1.29, 1.82) is 0 Å². The van der Waals surface area contributed by atoms with Gasteiger partial charge in [-0.05, 0) is 37.1 Å². The number of pyridine rings is 1. The Kier molecular flexibility index (Phi) is 6.86. The first kappa shape index (κ1) is 22.7. The lowest BCUT2D eigenvalue weighted by Crippen LogP contribution is -2.35. The molecule has 0 radical (unpaired) electrons. The molecule has 1 aliphatic rings. The van der Waals surface area contributed by atoms with E-state index in [1.165, 1.54) is 7.11 Å². The fourth-order valence-corrected chi connectivity index (χ4v) is 3.89. The number of fused-ring (bicyclic) bond motifs is 1. The van der Waals surface area contributed by atoms with Crippen LogP contribution in [0.15, 0.2) is 55.0 Å². The standard InChI is InChI=1S/C24H25ClN4O4/c1-14(28-15-6-9-32-10-7-15)29-20-4-3-16(11-19(20)25)33-22-5-8-27-21-13-23(31-2)18(24(26)30)12-17(21)22/h3-5,8,11-13,15,28-29H,1,6-7,9-10H2,2H3,(H2,26,30). The summed E-state index contributed by atoms with van der Waals surface area (Å²) in [6.45, 7) is 5.53. The van der Waals surface area contributed by atoms with E-state index in [0.717, 1.165) is 26.1 Å². The Balaban J connectivity index is 1.52. The molecule has 1 fully saturated rings. The number of halogens is 1. The third-order valence-corrected chi connectivity index (χ3v) is 5.65. The first-order valence-electron chi connectivity index (χ1n) is 10.5. The molecule has 0 unspecified atom stereocenters. The average Bonchev–Trinajstić information content (AvgIpc) is 2.80. The van der Waals surface area contributed by atoms with Crippen LogP contribution in [0.25, 0.3) is 10.9 Å². The van der Waals surface area contributed by atoms with Crippen LogP contribution in [0.4, 0.5) is 5.69 Å². The van der Waals surface area contributed by atoms with Gasteiger partial charge >= 0.3 is 0 Å². The van der Waals surface area contributed by atoms with E-state index in [1.54, 1.807) is 36.5 Å². The summed E-state index contributed by atoms with van der Waals surface area (Å²) in [5.74, 6) is 1.46. The highest BCUT2D eigenvalue weighted by molar-refractivity contribution is 6.33. The number of rotatable bonds is 8. The summed E-state index contributed by atoms with van der Waals surface area (Å²) in [4.78, 5) is 16.2. The van der Waals surface area contributed by atoms with E-state index >= 15 is 0 Å². The van der Waals surface area contributed by atoms with E-state index in [9.17, 15) is 4.79 Å². The predicted octanol–water partition coefficient (Wildman–Crippen LogP) is 4.44. The van der Waals surface area contributed by atoms with Gasteiger partial charge in [0, 0.05) is 43.0 Å². The van der Waals surface area contributed by atoms with Gasteiger partial charge < -0.3 is 30.6 Å². The van der Waals surface area contributed by atoms with Gasteiger partial charge in [-0.3, -0.25) is 9.78 Å². The van der Waals surface area contributed by atoms with Crippen LogP contribution in [0, 0.1) is 0 Å². The van der Waals surface area contributed by atoms with Crippen LogP contribution in [0.2, 0.25) is 5.02 Å². The van der Waals surface area contributed by atoms with Gasteiger partial charge in [-0.2, -0.15) is 0 Å². The number of nitrogens with zero attached hydrogens (tertiary/aromatic N) is 1. The van der Waals surface area contributed by atoms with Crippen LogP contribution in [0.5, 0.6) is 17.2 Å². The van der Waals surface area contributed by atoms with Crippen molar-refractivity contribution < 1.29 is 19.0 Å². The lowest BCUT2D eigenvalue weighted by atomic mass is 10.1. The number of nitrogens with two attached hydrogens (primary N) is 1. The summed E-state index contributed by atoms with van der Waals surface area (Å²) in [6, 6.07) is 10.6. The summed E-state index contributed by atoms with van der Waals surface area (Å²) >= 11 is 6.49. The van der Waals surface area contributed by atoms with E-state index < -0.39 is 5.91 Å². The quantitative estimate of drug-likeness (QED) is 0.448. The summed E-state index contributed by atoms with van der Waals surface area (Å²) < 4.78 is 16.7. The number of hydrogen-bond acceptors (Lipinski definition) is 7. The van der Waals surface area contributed by atoms with Gasteiger partial charge in [0.25, 0.3) is 5.91 Å². The fraction of sp³-hybridized carbons (Fsp3) is 0.250. The van der Waals surface area contributed by atoms with Gasteiger partial charge in [0.2, 0.25) is 0 Å². The summed E-state index contributed by atoms with van der Waals surface area (Å²) in [7, 11) is 1.47. The SMILES string of the molecule is C=C(Nc1ccc(Oc2ccnc3cc(OC)c(C(N)=O)cc23)cc1Cl)NC1CCOCC1. The zero-order chi connectivity index (χ0) is 23.4. The molecule has 1 aliphatic heterocycles. The second-order valence-electron chi connectivity index (χ2n) is 7.62. The van der Waals surface area contributed by atoms with Crippen molar-refractivity contribution in [3.05, 3.63) is 65.6 Å². The molecule has 33 heavy (non-hydrogen) atoms. The van der Waals surface area contributed by atoms with E-state index in [-0.39, 0.29) is 5.56 Å². The van der Waals surface area contributed by atoms with Crippen molar-refractivity contribution in [2.24, 2.45) is 5.73 Å². The normalized spacial score (nSPS) is 14.0. The minimum absolute atomic E-state index is 0.246. The number of methoxy groups -OCH3 is 1. The van der Waals surface area contributed by atoms with Crippen LogP contribution < -0.4 is 25.8 Å². The highest BCUT2D eigenvalue weighted by Crippen LogP contribution is 2.35. The zero-order valence-electron chi connectivity index (χ0n) is 18.2. The van der Waals surface area contributed by atoms with Crippen molar-refractivity contribution >= 4 is 34.1 Å². The first-order valence-corrected chi connectivity index (χ1v) is 10.9. The number of anilines is 1. The van der Waals surface area contributed by atoms with Crippen LogP contribution in [-0.4, -0.2) is 37.3 Å². The number of aromatic nitrogens is 1. The molecule has 4 N–H and O–H groups in total. The predicted molar refractivity (Wildman–Crippen MR) is 128 cm³/mol. The van der Waals surface area contributed by atoms with Gasteiger partial charge in [0.15, 0.2) is 0 Å². The largest absolute Gasteiger partial charge is 0.496 e. The molecule has 2 aromatic carbocycles. The number of nitrogens with one attached hydrogen (secondary N) is 2. The minimum Gasteiger partial charge on any atom is -0.496 e. The molecule has 1 amide bonds. The molecule has 2 heterocycles. The van der Waals surface area contributed by atoms with E-state index in [2.05, 4.69) is 22.2 Å². The van der Waals surface area contributed by atoms with E-state index in [4.69, 9.17) is 31.5 Å². The highest BCUT2D eigenvalue weighted by atomic mass is 35.5. The molecule has 8 nitrogen and oxygen atoms in total. The molecule has 9 heteroatoms. The Morgan fingerprint density at radius 2 is 2.00 bits per heavy atom. The van der Waals surface area contributed by atoms with Gasteiger partial charge in [-0.15, -0.1) is 0 Å². The molecular formula is C24H25ClN4O4. The highest BCUT2D eigenvalue weighted by Gasteiger charge is 2.16. The third-order valence-electron chi connectivity index (χ3n) is 5.34. The van der Waals surface area contributed by atoms with Crippen LogP contribution in [0.3, 0.4) is 0 Å². The van der Waals surface area contributed by atoms with E-state index in [1.807, 2.05) is 6.07 Å². The Morgan fingerprint density at radius 3 is 2.70 bits per heavy atom. The summed E-state index contributed by atoms with van der Waals surface area (Å²) in [6.07, 6.45) is 3.49. The number of hydrogen-bond donors (Lipinski definition) is 3. The second-order valence-corrected chi connectivity index (χ2v) is 8.03. The van der Waals surface area contributed by atoms with Crippen molar-refractivity contribution in [2.45, 2.75) is 18.9 Å². The molecule has 0 saturated carbocycles. The maximum Gasteiger partial charge on any atom is 0.252 e. The molecule has 0 bridgehead atoms. The lowest BCUT2D eigenvalue weighted by Gasteiger charge is -2.25. The average molecular weight is 469 g/mol. The van der Waals surface area contributed by atoms with E-state index in [0.29, 0.717) is 50.7 Å². The molecule has 3 aromatic rings. The van der Waals surface area contributed by atoms with Gasteiger partial charge in [-0.25, -0.2) is 0 Å². The Labute approximate surface area is 196 Å². The van der Waals surface area contributed by atoms with Crippen molar-refractivity contribution in [3.63, 3.8) is 0 Å². The number of carbonyl (C=O) groups excluding carboxylic acids is 1. The smallest absolute Gasteiger partial charge is 0.252 e. The monoisotopic (exact) mass is 468 g/mol. The summed E-state index contributed by atoms with van der Waals surface area (Å²) in [5.41, 5.74) is 7.05. The maximum absolute atomic E-state index is 11.8. The third kappa shape index (κ3) is 5.30. The number of primary amides is 1. The number of amides is 1. The van der Waals surface area contributed by atoms with Crippen LogP contribution >= 0.6 is 11.6 Å².